The Hall–Kier alpha value is -0.770. The minimum atomic E-state index is -0.414. The predicted molar refractivity (Wildman–Crippen MR) is 102 cm³/mol. The number of nitrogens with zero attached hydrogens (tertiary/aromatic N) is 1. The Balaban J connectivity index is 1.58. The molecular weight excluding hydrogens is 312 g/mol. The van der Waals surface area contributed by atoms with Crippen molar-refractivity contribution in [2.24, 2.45) is 16.7 Å². The van der Waals surface area contributed by atoms with Crippen LogP contribution in [0.4, 0.5) is 4.79 Å². The lowest BCUT2D eigenvalue weighted by Gasteiger charge is -2.45. The third kappa shape index (κ3) is 3.84. The van der Waals surface area contributed by atoms with Gasteiger partial charge < -0.3 is 15.0 Å². The summed E-state index contributed by atoms with van der Waals surface area (Å²) in [7, 11) is 0. The van der Waals surface area contributed by atoms with E-state index in [2.05, 4.69) is 26.1 Å². The van der Waals surface area contributed by atoms with E-state index in [1.807, 2.05) is 25.7 Å². The summed E-state index contributed by atoms with van der Waals surface area (Å²) < 4.78 is 5.56. The molecule has 4 atom stereocenters. The van der Waals surface area contributed by atoms with Crippen LogP contribution in [0.1, 0.15) is 80.1 Å². The highest BCUT2D eigenvalue weighted by molar-refractivity contribution is 5.68. The van der Waals surface area contributed by atoms with Gasteiger partial charge in [-0.3, -0.25) is 0 Å². The van der Waals surface area contributed by atoms with Gasteiger partial charge in [0, 0.05) is 25.2 Å². The number of nitrogens with one attached hydrogen (secondary N) is 1. The Morgan fingerprint density at radius 1 is 1.12 bits per heavy atom. The summed E-state index contributed by atoms with van der Waals surface area (Å²) in [5.41, 5.74) is 0.443. The van der Waals surface area contributed by atoms with E-state index in [1.165, 1.54) is 19.3 Å². The number of amides is 1. The fourth-order valence-electron chi connectivity index (χ4n) is 5.73. The van der Waals surface area contributed by atoms with Crippen molar-refractivity contribution in [3.63, 3.8) is 0 Å². The van der Waals surface area contributed by atoms with Crippen molar-refractivity contribution in [3.05, 3.63) is 0 Å². The molecule has 25 heavy (non-hydrogen) atoms. The molecule has 1 heterocycles. The van der Waals surface area contributed by atoms with Gasteiger partial charge >= 0.3 is 6.09 Å². The molecule has 1 aliphatic heterocycles. The van der Waals surface area contributed by atoms with E-state index < -0.39 is 5.60 Å². The van der Waals surface area contributed by atoms with Crippen LogP contribution in [-0.2, 0) is 4.74 Å². The molecule has 3 fully saturated rings. The van der Waals surface area contributed by atoms with Crippen molar-refractivity contribution in [2.75, 3.05) is 13.1 Å². The maximum atomic E-state index is 12.4. The van der Waals surface area contributed by atoms with Gasteiger partial charge in [-0.25, -0.2) is 4.79 Å². The average molecular weight is 351 g/mol. The molecule has 0 aromatic rings. The molecule has 1 N–H and O–H groups in total. The zero-order valence-electron chi connectivity index (χ0n) is 17.2. The Morgan fingerprint density at radius 2 is 1.84 bits per heavy atom. The Morgan fingerprint density at radius 3 is 2.44 bits per heavy atom. The van der Waals surface area contributed by atoms with Crippen LogP contribution < -0.4 is 5.32 Å². The molecule has 0 aromatic heterocycles. The van der Waals surface area contributed by atoms with Gasteiger partial charge in [0.1, 0.15) is 5.60 Å². The number of carbonyl (C=O) groups excluding carboxylic acids is 1. The molecule has 144 valence electrons. The van der Waals surface area contributed by atoms with Crippen molar-refractivity contribution >= 4 is 6.09 Å². The second-order valence-electron chi connectivity index (χ2n) is 10.6. The van der Waals surface area contributed by atoms with Gasteiger partial charge in [0.2, 0.25) is 0 Å². The van der Waals surface area contributed by atoms with Gasteiger partial charge in [-0.1, -0.05) is 20.8 Å². The standard InChI is InChI=1S/C21H38N2O2/c1-19(2,3)25-18(24)23-12-7-8-16(10-13-23)22-17-20(4,5)15-9-11-21(17,6)14-15/h15-17,22H,7-14H2,1-6H3/t15-,16?,17?,21+/m0/s1. The van der Waals surface area contributed by atoms with E-state index in [-0.39, 0.29) is 6.09 Å². The second-order valence-corrected chi connectivity index (χ2v) is 10.6. The lowest BCUT2D eigenvalue weighted by atomic mass is 9.68. The first-order valence-corrected chi connectivity index (χ1v) is 10.3. The lowest BCUT2D eigenvalue weighted by molar-refractivity contribution is 0.0254. The molecule has 4 nitrogen and oxygen atoms in total. The van der Waals surface area contributed by atoms with E-state index in [1.54, 1.807) is 0 Å². The zero-order chi connectivity index (χ0) is 18.5. The van der Waals surface area contributed by atoms with E-state index in [9.17, 15) is 4.79 Å². The number of likely N-dealkylation sites (tertiary alicyclic amines) is 1. The van der Waals surface area contributed by atoms with E-state index in [4.69, 9.17) is 4.74 Å². The largest absolute Gasteiger partial charge is 0.444 e. The zero-order valence-corrected chi connectivity index (χ0v) is 17.2. The summed E-state index contributed by atoms with van der Waals surface area (Å²) in [6, 6.07) is 1.13. The van der Waals surface area contributed by atoms with Crippen molar-refractivity contribution in [1.29, 1.82) is 0 Å². The van der Waals surface area contributed by atoms with Crippen molar-refractivity contribution in [3.8, 4) is 0 Å². The van der Waals surface area contributed by atoms with Crippen molar-refractivity contribution < 1.29 is 9.53 Å². The van der Waals surface area contributed by atoms with Gasteiger partial charge in [0.25, 0.3) is 0 Å². The third-order valence-corrected chi connectivity index (χ3v) is 7.05. The first-order valence-electron chi connectivity index (χ1n) is 10.3. The first kappa shape index (κ1) is 19.0. The van der Waals surface area contributed by atoms with Crippen molar-refractivity contribution in [1.82, 2.24) is 10.2 Å². The van der Waals surface area contributed by atoms with Crippen LogP contribution in [0, 0.1) is 16.7 Å². The minimum absolute atomic E-state index is 0.152. The average Bonchev–Trinajstić information content (AvgIpc) is 2.83. The van der Waals surface area contributed by atoms with Crippen LogP contribution in [0.25, 0.3) is 0 Å². The Bertz CT molecular complexity index is 506. The molecule has 2 unspecified atom stereocenters. The summed E-state index contributed by atoms with van der Waals surface area (Å²) in [5, 5.41) is 4.05. The number of fused-ring (bicyclic) bond motifs is 2. The predicted octanol–water partition coefficient (Wildman–Crippen LogP) is 4.58. The second kappa shape index (κ2) is 6.44. The maximum Gasteiger partial charge on any atom is 0.410 e. The molecular formula is C21H38N2O2. The Kier molecular flexibility index (Phi) is 4.89. The molecule has 4 heteroatoms. The van der Waals surface area contributed by atoms with Gasteiger partial charge in [0.15, 0.2) is 0 Å². The van der Waals surface area contributed by atoms with E-state index in [0.29, 0.717) is 22.9 Å². The molecule has 2 bridgehead atoms. The van der Waals surface area contributed by atoms with Crippen LogP contribution in [0.3, 0.4) is 0 Å². The van der Waals surface area contributed by atoms with Crippen LogP contribution in [0.5, 0.6) is 0 Å². The summed E-state index contributed by atoms with van der Waals surface area (Å²) in [5.74, 6) is 0.874. The fourth-order valence-corrected chi connectivity index (χ4v) is 5.73. The monoisotopic (exact) mass is 350 g/mol. The van der Waals surface area contributed by atoms with Gasteiger partial charge in [-0.2, -0.15) is 0 Å². The number of hydrogen-bond donors (Lipinski definition) is 1. The van der Waals surface area contributed by atoms with E-state index >= 15 is 0 Å². The molecule has 0 spiro atoms. The van der Waals surface area contributed by atoms with Gasteiger partial charge in [-0.15, -0.1) is 0 Å². The smallest absolute Gasteiger partial charge is 0.410 e. The first-order chi connectivity index (χ1) is 11.5. The topological polar surface area (TPSA) is 41.6 Å². The maximum absolute atomic E-state index is 12.4. The molecule has 2 saturated carbocycles. The highest BCUT2D eigenvalue weighted by Crippen LogP contribution is 2.62. The normalized spacial score (nSPS) is 37.8. The lowest BCUT2D eigenvalue weighted by Crippen LogP contribution is -2.53. The molecule has 1 saturated heterocycles. The third-order valence-electron chi connectivity index (χ3n) is 7.05. The highest BCUT2D eigenvalue weighted by atomic mass is 16.6. The molecule has 1 amide bonds. The number of hydrogen-bond acceptors (Lipinski definition) is 3. The summed E-state index contributed by atoms with van der Waals surface area (Å²) >= 11 is 0. The molecule has 0 radical (unpaired) electrons. The van der Waals surface area contributed by atoms with Crippen molar-refractivity contribution in [2.45, 2.75) is 97.8 Å². The number of rotatable bonds is 2. The Labute approximate surface area is 154 Å². The molecule has 2 aliphatic carbocycles. The molecule has 3 rings (SSSR count). The number of carbonyl (C=O) groups is 1. The quantitative estimate of drug-likeness (QED) is 0.792. The SMILES string of the molecule is CC(C)(C)OC(=O)N1CCCC(NC2C(C)(C)[C@H]3CC[C@]2(C)C3)CC1. The summed E-state index contributed by atoms with van der Waals surface area (Å²) in [6.07, 6.45) is 7.26. The van der Waals surface area contributed by atoms with Crippen LogP contribution in [0.15, 0.2) is 0 Å². The van der Waals surface area contributed by atoms with E-state index in [0.717, 1.165) is 38.3 Å². The molecule has 0 aromatic carbocycles. The number of ether oxygens (including phenoxy) is 1. The van der Waals surface area contributed by atoms with Gasteiger partial charge in [0.05, 0.1) is 0 Å². The highest BCUT2D eigenvalue weighted by Gasteiger charge is 2.59. The van der Waals surface area contributed by atoms with Crippen LogP contribution in [-0.4, -0.2) is 41.8 Å². The van der Waals surface area contributed by atoms with Crippen LogP contribution in [0.2, 0.25) is 0 Å². The molecule has 3 aliphatic rings. The summed E-state index contributed by atoms with van der Waals surface area (Å²) in [6.45, 7) is 14.8. The van der Waals surface area contributed by atoms with Gasteiger partial charge in [-0.05, 0) is 76.0 Å². The summed E-state index contributed by atoms with van der Waals surface area (Å²) in [4.78, 5) is 14.3. The fraction of sp³-hybridized carbons (Fsp3) is 0.952. The minimum Gasteiger partial charge on any atom is -0.444 e. The van der Waals surface area contributed by atoms with Crippen LogP contribution >= 0.6 is 0 Å².